The Morgan fingerprint density at radius 1 is 1.12 bits per heavy atom. The highest BCUT2D eigenvalue weighted by atomic mass is 14.6. The van der Waals surface area contributed by atoms with Gasteiger partial charge in [0.15, 0.2) is 0 Å². The van der Waals surface area contributed by atoms with Crippen LogP contribution in [-0.2, 0) is 11.8 Å². The number of hydrogen-bond donors (Lipinski definition) is 0. The summed E-state index contributed by atoms with van der Waals surface area (Å²) in [5, 5.41) is 0. The summed E-state index contributed by atoms with van der Waals surface area (Å²) in [6.45, 7) is 0. The Hall–Kier alpha value is -0.780. The van der Waals surface area contributed by atoms with Gasteiger partial charge in [0, 0.05) is 0 Å². The molecule has 1 aromatic carbocycles. The van der Waals surface area contributed by atoms with Crippen LogP contribution in [0, 0.1) is 11.8 Å². The zero-order valence-electron chi connectivity index (χ0n) is 9.91. The standard InChI is InChI=1S/C16H20/c1-2-6-15-13(4-1)5-3-9-16(15)11-12-7-8-14(16)10-12/h1-2,4,6,12,14H,3,5,7-11H2/t12-,14+,16+/m1/s1. The van der Waals surface area contributed by atoms with Crippen molar-refractivity contribution in [3.05, 3.63) is 35.4 Å². The van der Waals surface area contributed by atoms with Crippen LogP contribution in [0.3, 0.4) is 0 Å². The van der Waals surface area contributed by atoms with E-state index >= 15 is 0 Å². The molecule has 16 heavy (non-hydrogen) atoms. The fraction of sp³-hybridized carbons (Fsp3) is 0.625. The second-order valence-electron chi connectivity index (χ2n) is 6.25. The molecule has 0 saturated heterocycles. The first-order valence-corrected chi connectivity index (χ1v) is 6.97. The van der Waals surface area contributed by atoms with E-state index < -0.39 is 0 Å². The molecule has 0 aliphatic heterocycles. The van der Waals surface area contributed by atoms with Crippen LogP contribution >= 0.6 is 0 Å². The third kappa shape index (κ3) is 1.06. The number of rotatable bonds is 0. The van der Waals surface area contributed by atoms with Crippen LogP contribution in [0.5, 0.6) is 0 Å². The van der Waals surface area contributed by atoms with Crippen LogP contribution in [-0.4, -0.2) is 0 Å². The minimum Gasteiger partial charge on any atom is -0.0620 e. The molecular formula is C16H20. The summed E-state index contributed by atoms with van der Waals surface area (Å²) < 4.78 is 0. The maximum absolute atomic E-state index is 2.44. The van der Waals surface area contributed by atoms with Crippen LogP contribution in [0.15, 0.2) is 24.3 Å². The van der Waals surface area contributed by atoms with Gasteiger partial charge in [-0.3, -0.25) is 0 Å². The van der Waals surface area contributed by atoms with E-state index in [1.54, 1.807) is 11.1 Å². The topological polar surface area (TPSA) is 0 Å². The lowest BCUT2D eigenvalue weighted by molar-refractivity contribution is 0.232. The van der Waals surface area contributed by atoms with Crippen LogP contribution in [0.2, 0.25) is 0 Å². The van der Waals surface area contributed by atoms with Gasteiger partial charge in [0.25, 0.3) is 0 Å². The van der Waals surface area contributed by atoms with Crippen LogP contribution < -0.4 is 0 Å². The lowest BCUT2D eigenvalue weighted by Crippen LogP contribution is -2.36. The predicted octanol–water partition coefficient (Wildman–Crippen LogP) is 4.08. The van der Waals surface area contributed by atoms with Gasteiger partial charge in [-0.15, -0.1) is 0 Å². The van der Waals surface area contributed by atoms with Crippen molar-refractivity contribution in [3.8, 4) is 0 Å². The predicted molar refractivity (Wildman–Crippen MR) is 66.5 cm³/mol. The van der Waals surface area contributed by atoms with Gasteiger partial charge in [-0.05, 0) is 66.9 Å². The van der Waals surface area contributed by atoms with Crippen LogP contribution in [0.4, 0.5) is 0 Å². The molecule has 0 aromatic heterocycles. The Morgan fingerprint density at radius 3 is 2.88 bits per heavy atom. The molecule has 0 radical (unpaired) electrons. The van der Waals surface area contributed by atoms with Crippen LogP contribution in [0.1, 0.15) is 49.7 Å². The van der Waals surface area contributed by atoms with Crippen molar-refractivity contribution < 1.29 is 0 Å². The van der Waals surface area contributed by atoms with Gasteiger partial charge in [0.1, 0.15) is 0 Å². The van der Waals surface area contributed by atoms with E-state index in [0.717, 1.165) is 11.8 Å². The number of hydrogen-bond acceptors (Lipinski definition) is 0. The SMILES string of the molecule is c1ccc2c(c1)CCC[C@@]21C[C@@H]2CC[C@H]1C2. The van der Waals surface area contributed by atoms with Crippen molar-refractivity contribution in [1.82, 2.24) is 0 Å². The molecule has 3 atom stereocenters. The number of fused-ring (bicyclic) bond motifs is 5. The molecule has 3 aliphatic rings. The molecule has 84 valence electrons. The van der Waals surface area contributed by atoms with Crippen molar-refractivity contribution in [1.29, 1.82) is 0 Å². The molecule has 0 N–H and O–H groups in total. The van der Waals surface area contributed by atoms with Crippen molar-refractivity contribution in [2.75, 3.05) is 0 Å². The fourth-order valence-electron chi connectivity index (χ4n) is 5.03. The molecule has 0 heterocycles. The van der Waals surface area contributed by atoms with Gasteiger partial charge in [0.05, 0.1) is 0 Å². The molecule has 0 unspecified atom stereocenters. The first kappa shape index (κ1) is 9.27. The van der Waals surface area contributed by atoms with E-state index in [9.17, 15) is 0 Å². The highest BCUT2D eigenvalue weighted by Gasteiger charge is 2.52. The average Bonchev–Trinajstić information content (AvgIpc) is 2.90. The largest absolute Gasteiger partial charge is 0.0620 e. The first-order valence-electron chi connectivity index (χ1n) is 6.97. The molecule has 1 aromatic rings. The molecule has 2 saturated carbocycles. The maximum Gasteiger partial charge on any atom is -0.00132 e. The van der Waals surface area contributed by atoms with E-state index in [1.165, 1.54) is 44.9 Å². The molecule has 4 rings (SSSR count). The molecule has 0 amide bonds. The Labute approximate surface area is 98.1 Å². The molecule has 3 aliphatic carbocycles. The average molecular weight is 212 g/mol. The van der Waals surface area contributed by atoms with Gasteiger partial charge >= 0.3 is 0 Å². The third-order valence-corrected chi connectivity index (χ3v) is 5.60. The van der Waals surface area contributed by atoms with Gasteiger partial charge in [-0.25, -0.2) is 0 Å². The highest BCUT2D eigenvalue weighted by Crippen LogP contribution is 2.60. The highest BCUT2D eigenvalue weighted by molar-refractivity contribution is 5.39. The smallest absolute Gasteiger partial charge is 0.00132 e. The van der Waals surface area contributed by atoms with E-state index in [2.05, 4.69) is 24.3 Å². The monoisotopic (exact) mass is 212 g/mol. The number of aryl methyl sites for hydroxylation is 1. The van der Waals surface area contributed by atoms with Gasteiger partial charge in [-0.1, -0.05) is 30.7 Å². The van der Waals surface area contributed by atoms with Crippen molar-refractivity contribution >= 4 is 0 Å². The van der Waals surface area contributed by atoms with E-state index in [-0.39, 0.29) is 0 Å². The Kier molecular flexibility index (Phi) is 1.81. The van der Waals surface area contributed by atoms with E-state index in [4.69, 9.17) is 0 Å². The summed E-state index contributed by atoms with van der Waals surface area (Å²) in [5.41, 5.74) is 4.03. The van der Waals surface area contributed by atoms with Crippen molar-refractivity contribution in [3.63, 3.8) is 0 Å². The Balaban J connectivity index is 1.86. The van der Waals surface area contributed by atoms with Crippen molar-refractivity contribution in [2.45, 2.75) is 50.4 Å². The van der Waals surface area contributed by atoms with E-state index in [1.807, 2.05) is 0 Å². The lowest BCUT2D eigenvalue weighted by Gasteiger charge is -2.42. The molecule has 0 nitrogen and oxygen atoms in total. The summed E-state index contributed by atoms with van der Waals surface area (Å²) >= 11 is 0. The summed E-state index contributed by atoms with van der Waals surface area (Å²) in [6.07, 6.45) is 10.3. The minimum atomic E-state index is 0.623. The quantitative estimate of drug-likeness (QED) is 0.608. The zero-order chi connectivity index (χ0) is 10.6. The normalized spacial score (nSPS) is 40.2. The lowest BCUT2D eigenvalue weighted by atomic mass is 9.62. The summed E-state index contributed by atoms with van der Waals surface area (Å²) in [7, 11) is 0. The Morgan fingerprint density at radius 2 is 2.06 bits per heavy atom. The summed E-state index contributed by atoms with van der Waals surface area (Å²) in [5.74, 6) is 2.09. The molecule has 1 spiro atoms. The Bertz CT molecular complexity index is 420. The van der Waals surface area contributed by atoms with Crippen LogP contribution in [0.25, 0.3) is 0 Å². The van der Waals surface area contributed by atoms with E-state index in [0.29, 0.717) is 5.41 Å². The molecule has 2 bridgehead atoms. The second-order valence-corrected chi connectivity index (χ2v) is 6.25. The summed E-state index contributed by atoms with van der Waals surface area (Å²) in [6, 6.07) is 9.31. The second kappa shape index (κ2) is 3.12. The maximum atomic E-state index is 2.44. The van der Waals surface area contributed by atoms with Gasteiger partial charge < -0.3 is 0 Å². The van der Waals surface area contributed by atoms with Gasteiger partial charge in [0.2, 0.25) is 0 Å². The molecule has 0 heteroatoms. The third-order valence-electron chi connectivity index (χ3n) is 5.60. The zero-order valence-corrected chi connectivity index (χ0v) is 9.91. The fourth-order valence-corrected chi connectivity index (χ4v) is 5.03. The van der Waals surface area contributed by atoms with Gasteiger partial charge in [-0.2, -0.15) is 0 Å². The molecule has 2 fully saturated rings. The van der Waals surface area contributed by atoms with Crippen molar-refractivity contribution in [2.24, 2.45) is 11.8 Å². The molecular weight excluding hydrogens is 192 g/mol. The minimum absolute atomic E-state index is 0.623. The number of benzene rings is 1. The first-order chi connectivity index (χ1) is 7.88. The summed E-state index contributed by atoms with van der Waals surface area (Å²) in [4.78, 5) is 0.